The summed E-state index contributed by atoms with van der Waals surface area (Å²) in [4.78, 5) is 0. The molecule has 68 valence electrons. The van der Waals surface area contributed by atoms with E-state index < -0.39 is 0 Å². The Labute approximate surface area is 86.2 Å². The minimum atomic E-state index is -0.0499. The van der Waals surface area contributed by atoms with Gasteiger partial charge in [0.05, 0.1) is 33.3 Å². The quantitative estimate of drug-likeness (QED) is 0.380. The largest absolute Gasteiger partial charge is 1.00 e. The van der Waals surface area contributed by atoms with Crippen molar-refractivity contribution >= 4 is 0 Å². The average Bonchev–Trinajstić information content (AvgIpc) is 1.79. The van der Waals surface area contributed by atoms with Gasteiger partial charge in [0.2, 0.25) is 0 Å². The van der Waals surface area contributed by atoms with Gasteiger partial charge in [-0.2, -0.15) is 0 Å². The maximum atomic E-state index is 9.40. The molecule has 0 aromatic rings. The molecule has 0 bridgehead atoms. The Bertz CT molecular complexity index is 127. The molecule has 1 N–H and O–H groups in total. The summed E-state index contributed by atoms with van der Waals surface area (Å²) in [5.41, 5.74) is 0. The van der Waals surface area contributed by atoms with Gasteiger partial charge in [-0.3, -0.25) is 0 Å². The summed E-state index contributed by atoms with van der Waals surface area (Å²) in [6.45, 7) is 4.36. The molecule has 1 saturated heterocycles. The molecule has 0 aromatic carbocycles. The lowest BCUT2D eigenvalue weighted by Crippen LogP contribution is -3.00. The van der Waals surface area contributed by atoms with Crippen LogP contribution < -0.4 is 24.0 Å². The first-order valence-electron chi connectivity index (χ1n) is 4.01. The summed E-state index contributed by atoms with van der Waals surface area (Å²) in [6.07, 6.45) is 0.917. The highest BCUT2D eigenvalue weighted by Crippen LogP contribution is 2.19. The fourth-order valence-corrected chi connectivity index (χ4v) is 1.76. The molecule has 2 atom stereocenters. The fourth-order valence-electron chi connectivity index (χ4n) is 1.76. The molecule has 0 radical (unpaired) electrons. The first kappa shape index (κ1) is 11.6. The van der Waals surface area contributed by atoms with Crippen LogP contribution in [0, 0.1) is 5.92 Å². The summed E-state index contributed by atoms with van der Waals surface area (Å²) in [5, 5.41) is 9.40. The van der Waals surface area contributed by atoms with Gasteiger partial charge in [-0.1, -0.05) is 6.92 Å². The smallest absolute Gasteiger partial charge is 0.0833 e. The van der Waals surface area contributed by atoms with Crippen LogP contribution >= 0.6 is 0 Å². The number of halogens is 1. The summed E-state index contributed by atoms with van der Waals surface area (Å²) >= 11 is 0. The van der Waals surface area contributed by atoms with Crippen molar-refractivity contribution in [1.29, 1.82) is 0 Å². The molecule has 0 aliphatic carbocycles. The lowest BCUT2D eigenvalue weighted by Gasteiger charge is -2.39. The number of piperidine rings is 1. The topological polar surface area (TPSA) is 20.2 Å². The van der Waals surface area contributed by atoms with Crippen LogP contribution in [-0.4, -0.2) is 42.9 Å². The van der Waals surface area contributed by atoms with E-state index in [0.29, 0.717) is 5.92 Å². The van der Waals surface area contributed by atoms with Crippen molar-refractivity contribution < 1.29 is 33.6 Å². The SMILES string of the molecule is CC1C[N+](C)(C)CCC1O.[I-]. The standard InChI is InChI=1S/C8H18NO.HI/c1-7-6-9(2,3)5-4-8(7)10;/h7-8,10H,4-6H2,1-3H3;1H/q+1;/p-1. The number of aliphatic hydroxyl groups excluding tert-OH is 1. The molecule has 2 unspecified atom stereocenters. The highest BCUT2D eigenvalue weighted by atomic mass is 127. The fraction of sp³-hybridized carbons (Fsp3) is 1.00. The molecule has 11 heavy (non-hydrogen) atoms. The van der Waals surface area contributed by atoms with Gasteiger partial charge in [0, 0.05) is 12.3 Å². The van der Waals surface area contributed by atoms with Crippen molar-refractivity contribution in [3.05, 3.63) is 0 Å². The number of quaternary nitrogens is 1. The Morgan fingerprint density at radius 3 is 2.27 bits per heavy atom. The molecule has 0 spiro atoms. The Balaban J connectivity index is 0.000001000. The Kier molecular flexibility index (Phi) is 4.29. The molecule has 0 amide bonds. The summed E-state index contributed by atoms with van der Waals surface area (Å²) in [6, 6.07) is 0. The van der Waals surface area contributed by atoms with Crippen LogP contribution in [0.4, 0.5) is 0 Å². The highest BCUT2D eigenvalue weighted by Gasteiger charge is 2.30. The van der Waals surface area contributed by atoms with Crippen LogP contribution in [0.1, 0.15) is 13.3 Å². The van der Waals surface area contributed by atoms with Crippen molar-refractivity contribution in [1.82, 2.24) is 0 Å². The molecule has 1 aliphatic rings. The van der Waals surface area contributed by atoms with Gasteiger partial charge in [0.1, 0.15) is 0 Å². The zero-order chi connectivity index (χ0) is 7.78. The van der Waals surface area contributed by atoms with Crippen LogP contribution in [0.25, 0.3) is 0 Å². The van der Waals surface area contributed by atoms with E-state index in [1.807, 2.05) is 0 Å². The molecular formula is C8H18INO. The van der Waals surface area contributed by atoms with Crippen LogP contribution in [-0.2, 0) is 0 Å². The number of hydrogen-bond acceptors (Lipinski definition) is 1. The second kappa shape index (κ2) is 4.05. The summed E-state index contributed by atoms with van der Waals surface area (Å²) in [5.74, 6) is 0.476. The summed E-state index contributed by atoms with van der Waals surface area (Å²) in [7, 11) is 4.45. The number of hydrogen-bond donors (Lipinski definition) is 1. The van der Waals surface area contributed by atoms with E-state index in [1.54, 1.807) is 0 Å². The van der Waals surface area contributed by atoms with Gasteiger partial charge < -0.3 is 33.6 Å². The van der Waals surface area contributed by atoms with Crippen LogP contribution in [0.15, 0.2) is 0 Å². The first-order valence-corrected chi connectivity index (χ1v) is 4.01. The van der Waals surface area contributed by atoms with Gasteiger partial charge in [0.15, 0.2) is 0 Å². The van der Waals surface area contributed by atoms with Crippen molar-refractivity contribution in [3.8, 4) is 0 Å². The van der Waals surface area contributed by atoms with E-state index in [2.05, 4.69) is 21.0 Å². The van der Waals surface area contributed by atoms with Gasteiger partial charge in [-0.25, -0.2) is 0 Å². The Morgan fingerprint density at radius 1 is 1.36 bits per heavy atom. The molecule has 1 rings (SSSR count). The number of nitrogens with zero attached hydrogens (tertiary/aromatic N) is 1. The molecule has 0 saturated carbocycles. The normalized spacial score (nSPS) is 36.0. The molecule has 1 fully saturated rings. The van der Waals surface area contributed by atoms with E-state index in [-0.39, 0.29) is 30.1 Å². The molecule has 1 heterocycles. The number of rotatable bonds is 0. The summed E-state index contributed by atoms with van der Waals surface area (Å²) < 4.78 is 1.07. The highest BCUT2D eigenvalue weighted by molar-refractivity contribution is 4.68. The van der Waals surface area contributed by atoms with Crippen molar-refractivity contribution in [2.75, 3.05) is 27.2 Å². The predicted molar refractivity (Wildman–Crippen MR) is 41.6 cm³/mol. The zero-order valence-electron chi connectivity index (χ0n) is 7.55. The molecule has 0 aromatic heterocycles. The van der Waals surface area contributed by atoms with Gasteiger partial charge in [-0.05, 0) is 0 Å². The minimum absolute atomic E-state index is 0. The van der Waals surface area contributed by atoms with E-state index >= 15 is 0 Å². The second-order valence-electron chi connectivity index (χ2n) is 4.18. The second-order valence-corrected chi connectivity index (χ2v) is 4.18. The lowest BCUT2D eigenvalue weighted by molar-refractivity contribution is -0.899. The van der Waals surface area contributed by atoms with Gasteiger partial charge >= 0.3 is 0 Å². The van der Waals surface area contributed by atoms with Crippen molar-refractivity contribution in [3.63, 3.8) is 0 Å². The van der Waals surface area contributed by atoms with Gasteiger partial charge in [0.25, 0.3) is 0 Å². The molecule has 3 heteroatoms. The minimum Gasteiger partial charge on any atom is -1.00 e. The molecule has 1 aliphatic heterocycles. The third kappa shape index (κ3) is 3.25. The van der Waals surface area contributed by atoms with Crippen molar-refractivity contribution in [2.45, 2.75) is 19.4 Å². The Morgan fingerprint density at radius 2 is 1.91 bits per heavy atom. The van der Waals surface area contributed by atoms with Crippen molar-refractivity contribution in [2.24, 2.45) is 5.92 Å². The average molecular weight is 271 g/mol. The first-order chi connectivity index (χ1) is 4.51. The predicted octanol–water partition coefficient (Wildman–Crippen LogP) is -2.53. The number of aliphatic hydroxyl groups is 1. The van der Waals surface area contributed by atoms with Crippen LogP contribution in [0.3, 0.4) is 0 Å². The maximum absolute atomic E-state index is 9.40. The van der Waals surface area contributed by atoms with Crippen LogP contribution in [0.5, 0.6) is 0 Å². The zero-order valence-corrected chi connectivity index (χ0v) is 9.71. The van der Waals surface area contributed by atoms with E-state index in [9.17, 15) is 5.11 Å². The van der Waals surface area contributed by atoms with Crippen LogP contribution in [0.2, 0.25) is 0 Å². The third-order valence-electron chi connectivity index (χ3n) is 2.47. The van der Waals surface area contributed by atoms with Gasteiger partial charge in [-0.15, -0.1) is 0 Å². The molecule has 2 nitrogen and oxygen atoms in total. The van der Waals surface area contributed by atoms with E-state index in [4.69, 9.17) is 0 Å². The monoisotopic (exact) mass is 271 g/mol. The Hall–Kier alpha value is 0.650. The van der Waals surface area contributed by atoms with E-state index in [0.717, 1.165) is 24.0 Å². The maximum Gasteiger partial charge on any atom is 0.0833 e. The molecular weight excluding hydrogens is 253 g/mol. The third-order valence-corrected chi connectivity index (χ3v) is 2.47. The lowest BCUT2D eigenvalue weighted by atomic mass is 9.96. The number of likely N-dealkylation sites (tertiary alicyclic amines) is 1. The van der Waals surface area contributed by atoms with E-state index in [1.165, 1.54) is 0 Å².